The molecule has 0 aliphatic carbocycles. The van der Waals surface area contributed by atoms with Crippen LogP contribution >= 0.6 is 22.6 Å². The Morgan fingerprint density at radius 1 is 1.33 bits per heavy atom. The van der Waals surface area contributed by atoms with E-state index in [-0.39, 0.29) is 5.75 Å². The highest BCUT2D eigenvalue weighted by Gasteiger charge is 2.34. The highest BCUT2D eigenvalue weighted by atomic mass is 127. The average molecular weight is 330 g/mol. The maximum absolute atomic E-state index is 12.6. The lowest BCUT2D eigenvalue weighted by Gasteiger charge is -2.13. The molecule has 0 radical (unpaired) electrons. The van der Waals surface area contributed by atoms with Gasteiger partial charge in [0, 0.05) is 3.57 Å². The molecule has 0 aliphatic heterocycles. The van der Waals surface area contributed by atoms with E-state index in [0.29, 0.717) is 16.6 Å². The molecule has 0 bridgehead atoms. The summed E-state index contributed by atoms with van der Waals surface area (Å²) in [4.78, 5) is 0. The fourth-order valence-corrected chi connectivity index (χ4v) is 1.55. The SMILES string of the molecule is CCCOc1ccc(I)cc1C(F)(F)F. The normalized spacial score (nSPS) is 11.5. The van der Waals surface area contributed by atoms with Gasteiger partial charge in [0.1, 0.15) is 5.75 Å². The molecule has 0 saturated carbocycles. The summed E-state index contributed by atoms with van der Waals surface area (Å²) < 4.78 is 43.3. The van der Waals surface area contributed by atoms with Crippen molar-refractivity contribution in [3.8, 4) is 5.75 Å². The van der Waals surface area contributed by atoms with E-state index in [1.54, 1.807) is 6.07 Å². The molecular formula is C10H10F3IO. The molecule has 84 valence electrons. The first-order valence-electron chi connectivity index (χ1n) is 4.44. The Morgan fingerprint density at radius 3 is 2.53 bits per heavy atom. The first-order chi connectivity index (χ1) is 6.95. The Morgan fingerprint density at radius 2 is 2.00 bits per heavy atom. The average Bonchev–Trinajstić information content (AvgIpc) is 2.14. The van der Waals surface area contributed by atoms with Crippen molar-refractivity contribution < 1.29 is 17.9 Å². The summed E-state index contributed by atoms with van der Waals surface area (Å²) in [5.74, 6) is -0.0928. The van der Waals surface area contributed by atoms with Crippen molar-refractivity contribution in [3.05, 3.63) is 27.3 Å². The minimum atomic E-state index is -4.36. The van der Waals surface area contributed by atoms with Crippen LogP contribution in [0.3, 0.4) is 0 Å². The minimum absolute atomic E-state index is 0.0928. The second-order valence-electron chi connectivity index (χ2n) is 2.99. The smallest absolute Gasteiger partial charge is 0.419 e. The highest BCUT2D eigenvalue weighted by Crippen LogP contribution is 2.37. The minimum Gasteiger partial charge on any atom is -0.493 e. The van der Waals surface area contributed by atoms with Crippen LogP contribution < -0.4 is 4.74 Å². The molecule has 1 aromatic rings. The molecule has 1 rings (SSSR count). The first kappa shape index (κ1) is 12.6. The summed E-state index contributed by atoms with van der Waals surface area (Å²) in [5.41, 5.74) is -0.706. The molecule has 1 aromatic carbocycles. The predicted molar refractivity (Wildman–Crippen MR) is 59.9 cm³/mol. The van der Waals surface area contributed by atoms with E-state index in [4.69, 9.17) is 4.74 Å². The van der Waals surface area contributed by atoms with E-state index in [1.807, 2.05) is 29.5 Å². The van der Waals surface area contributed by atoms with Gasteiger partial charge < -0.3 is 4.74 Å². The lowest BCUT2D eigenvalue weighted by atomic mass is 10.2. The van der Waals surface area contributed by atoms with Gasteiger partial charge in [-0.05, 0) is 47.2 Å². The lowest BCUT2D eigenvalue weighted by Crippen LogP contribution is -2.09. The summed E-state index contributed by atoms with van der Waals surface area (Å²) in [6.07, 6.45) is -3.67. The molecule has 0 aliphatic rings. The third-order valence-electron chi connectivity index (χ3n) is 1.71. The van der Waals surface area contributed by atoms with Crippen molar-refractivity contribution in [3.63, 3.8) is 0 Å². The molecule has 5 heteroatoms. The Labute approximate surface area is 99.8 Å². The van der Waals surface area contributed by atoms with Crippen LogP contribution in [0.15, 0.2) is 18.2 Å². The van der Waals surface area contributed by atoms with Crippen LogP contribution in [-0.2, 0) is 6.18 Å². The summed E-state index contributed by atoms with van der Waals surface area (Å²) >= 11 is 1.84. The molecule has 0 saturated heterocycles. The molecule has 0 heterocycles. The van der Waals surface area contributed by atoms with Crippen LogP contribution in [0.5, 0.6) is 5.75 Å². The van der Waals surface area contributed by atoms with Crippen LogP contribution in [-0.4, -0.2) is 6.61 Å². The third kappa shape index (κ3) is 3.55. The molecule has 0 unspecified atom stereocenters. The summed E-state index contributed by atoms with van der Waals surface area (Å²) in [7, 11) is 0. The van der Waals surface area contributed by atoms with Crippen molar-refractivity contribution in [1.29, 1.82) is 0 Å². The Hall–Kier alpha value is -0.460. The van der Waals surface area contributed by atoms with Gasteiger partial charge in [0.2, 0.25) is 0 Å². The van der Waals surface area contributed by atoms with Gasteiger partial charge in [-0.25, -0.2) is 0 Å². The van der Waals surface area contributed by atoms with Gasteiger partial charge in [0.15, 0.2) is 0 Å². The number of ether oxygens (including phenoxy) is 1. The van der Waals surface area contributed by atoms with Crippen LogP contribution in [0.2, 0.25) is 0 Å². The molecule has 0 spiro atoms. The van der Waals surface area contributed by atoms with Crippen molar-refractivity contribution in [1.82, 2.24) is 0 Å². The number of halogens is 4. The summed E-state index contributed by atoms with van der Waals surface area (Å²) in [6, 6.07) is 4.05. The number of hydrogen-bond donors (Lipinski definition) is 0. The second-order valence-corrected chi connectivity index (χ2v) is 4.23. The van der Waals surface area contributed by atoms with E-state index in [0.717, 1.165) is 6.07 Å². The van der Waals surface area contributed by atoms with E-state index in [2.05, 4.69) is 0 Å². The Balaban J connectivity index is 3.04. The standard InChI is InChI=1S/C10H10F3IO/c1-2-5-15-9-4-3-7(14)6-8(9)10(11,12)13/h3-4,6H,2,5H2,1H3. The fourth-order valence-electron chi connectivity index (χ4n) is 1.06. The van der Waals surface area contributed by atoms with Crippen LogP contribution in [0, 0.1) is 3.57 Å². The van der Waals surface area contributed by atoms with Gasteiger partial charge in [0.05, 0.1) is 12.2 Å². The zero-order chi connectivity index (χ0) is 11.5. The predicted octanol–water partition coefficient (Wildman–Crippen LogP) is 4.10. The maximum Gasteiger partial charge on any atom is 0.419 e. The fraction of sp³-hybridized carbons (Fsp3) is 0.400. The Kier molecular flexibility index (Phi) is 4.24. The Bertz CT molecular complexity index is 336. The highest BCUT2D eigenvalue weighted by molar-refractivity contribution is 14.1. The van der Waals surface area contributed by atoms with E-state index >= 15 is 0 Å². The topological polar surface area (TPSA) is 9.23 Å². The van der Waals surface area contributed by atoms with Crippen molar-refractivity contribution in [2.24, 2.45) is 0 Å². The molecule has 0 N–H and O–H groups in total. The van der Waals surface area contributed by atoms with E-state index in [9.17, 15) is 13.2 Å². The third-order valence-corrected chi connectivity index (χ3v) is 2.38. The molecule has 1 nitrogen and oxygen atoms in total. The van der Waals surface area contributed by atoms with E-state index in [1.165, 1.54) is 6.07 Å². The zero-order valence-corrected chi connectivity index (χ0v) is 10.2. The van der Waals surface area contributed by atoms with Crippen LogP contribution in [0.4, 0.5) is 13.2 Å². The lowest BCUT2D eigenvalue weighted by molar-refractivity contribution is -0.139. The number of benzene rings is 1. The second kappa shape index (κ2) is 5.05. The maximum atomic E-state index is 12.6. The molecule has 0 fully saturated rings. The number of hydrogen-bond acceptors (Lipinski definition) is 1. The van der Waals surface area contributed by atoms with Gasteiger partial charge in [-0.3, -0.25) is 0 Å². The van der Waals surface area contributed by atoms with Crippen molar-refractivity contribution in [2.75, 3.05) is 6.61 Å². The number of rotatable bonds is 3. The monoisotopic (exact) mass is 330 g/mol. The van der Waals surface area contributed by atoms with Gasteiger partial charge in [0.25, 0.3) is 0 Å². The van der Waals surface area contributed by atoms with E-state index < -0.39 is 11.7 Å². The van der Waals surface area contributed by atoms with Gasteiger partial charge >= 0.3 is 6.18 Å². The molecule has 0 atom stereocenters. The van der Waals surface area contributed by atoms with Crippen LogP contribution in [0.1, 0.15) is 18.9 Å². The molecule has 15 heavy (non-hydrogen) atoms. The summed E-state index contributed by atoms with van der Waals surface area (Å²) in [5, 5.41) is 0. The van der Waals surface area contributed by atoms with Gasteiger partial charge in [-0.1, -0.05) is 6.92 Å². The van der Waals surface area contributed by atoms with Crippen LogP contribution in [0.25, 0.3) is 0 Å². The zero-order valence-electron chi connectivity index (χ0n) is 8.07. The molecular weight excluding hydrogens is 320 g/mol. The van der Waals surface area contributed by atoms with Gasteiger partial charge in [-0.2, -0.15) is 13.2 Å². The number of alkyl halides is 3. The van der Waals surface area contributed by atoms with Crippen molar-refractivity contribution in [2.45, 2.75) is 19.5 Å². The molecule has 0 aromatic heterocycles. The quantitative estimate of drug-likeness (QED) is 0.759. The summed E-state index contributed by atoms with van der Waals surface area (Å²) in [6.45, 7) is 2.14. The molecule has 0 amide bonds. The first-order valence-corrected chi connectivity index (χ1v) is 5.52. The largest absolute Gasteiger partial charge is 0.493 e. The van der Waals surface area contributed by atoms with Crippen molar-refractivity contribution >= 4 is 22.6 Å². The van der Waals surface area contributed by atoms with Gasteiger partial charge in [-0.15, -0.1) is 0 Å².